The average molecular weight is 359 g/mol. The zero-order chi connectivity index (χ0) is 18.4. The molecular formula is C20H23ClN2O2. The fourth-order valence-corrected chi connectivity index (χ4v) is 2.44. The average Bonchev–Trinajstić information content (AvgIpc) is 2.61. The first-order valence-electron chi connectivity index (χ1n) is 8.19. The summed E-state index contributed by atoms with van der Waals surface area (Å²) in [6.45, 7) is 5.49. The molecule has 4 nitrogen and oxygen atoms in total. The normalized spacial score (nSPS) is 12.3. The van der Waals surface area contributed by atoms with Gasteiger partial charge in [-0.15, -0.1) is 0 Å². The van der Waals surface area contributed by atoms with Crippen molar-refractivity contribution in [2.45, 2.75) is 33.4 Å². The highest BCUT2D eigenvalue weighted by atomic mass is 35.5. The highest BCUT2D eigenvalue weighted by Crippen LogP contribution is 2.19. The Kier molecular flexibility index (Phi) is 6.21. The second-order valence-electron chi connectivity index (χ2n) is 6.54. The standard InChI is InChI=1S/C20H23ClN2O2/c1-14(16-7-5-4-6-8-16)23-19(25)20(2,3)18(24)22-13-15-9-11-17(21)12-10-15/h4-12,14H,13H2,1-3H3,(H,22,24)(H,23,25). The van der Waals surface area contributed by atoms with Gasteiger partial charge in [0.25, 0.3) is 0 Å². The van der Waals surface area contributed by atoms with Crippen molar-refractivity contribution in [3.8, 4) is 0 Å². The number of carbonyl (C=O) groups excluding carboxylic acids is 2. The molecule has 132 valence electrons. The van der Waals surface area contributed by atoms with Gasteiger partial charge in [0.2, 0.25) is 11.8 Å². The lowest BCUT2D eigenvalue weighted by molar-refractivity contribution is -0.141. The number of hydrogen-bond acceptors (Lipinski definition) is 2. The maximum atomic E-state index is 12.6. The number of amides is 2. The van der Waals surface area contributed by atoms with Gasteiger partial charge in [0.1, 0.15) is 5.41 Å². The molecule has 25 heavy (non-hydrogen) atoms. The van der Waals surface area contributed by atoms with E-state index < -0.39 is 5.41 Å². The molecule has 1 atom stereocenters. The van der Waals surface area contributed by atoms with Gasteiger partial charge in [-0.2, -0.15) is 0 Å². The van der Waals surface area contributed by atoms with Crippen LogP contribution < -0.4 is 10.6 Å². The van der Waals surface area contributed by atoms with Crippen LogP contribution in [-0.4, -0.2) is 11.8 Å². The molecule has 0 saturated heterocycles. The first-order valence-corrected chi connectivity index (χ1v) is 8.57. The molecule has 0 radical (unpaired) electrons. The molecule has 2 rings (SSSR count). The molecule has 0 saturated carbocycles. The van der Waals surface area contributed by atoms with Crippen LogP contribution in [0.25, 0.3) is 0 Å². The lowest BCUT2D eigenvalue weighted by Crippen LogP contribution is -2.48. The first kappa shape index (κ1) is 19.0. The van der Waals surface area contributed by atoms with Crippen LogP contribution in [0.2, 0.25) is 5.02 Å². The van der Waals surface area contributed by atoms with Crippen molar-refractivity contribution in [1.29, 1.82) is 0 Å². The topological polar surface area (TPSA) is 58.2 Å². The minimum atomic E-state index is -1.17. The van der Waals surface area contributed by atoms with Crippen LogP contribution in [0.5, 0.6) is 0 Å². The molecule has 0 aliphatic rings. The van der Waals surface area contributed by atoms with Gasteiger partial charge in [0, 0.05) is 11.6 Å². The van der Waals surface area contributed by atoms with Crippen LogP contribution >= 0.6 is 11.6 Å². The summed E-state index contributed by atoms with van der Waals surface area (Å²) in [4.78, 5) is 25.0. The molecule has 0 heterocycles. The fraction of sp³-hybridized carbons (Fsp3) is 0.300. The molecule has 2 aromatic rings. The number of halogens is 1. The molecule has 1 unspecified atom stereocenters. The third-order valence-corrected chi connectivity index (χ3v) is 4.40. The molecule has 0 bridgehead atoms. The lowest BCUT2D eigenvalue weighted by atomic mass is 9.90. The molecule has 2 aromatic carbocycles. The Morgan fingerprint density at radius 2 is 1.60 bits per heavy atom. The van der Waals surface area contributed by atoms with Gasteiger partial charge in [0.05, 0.1) is 6.04 Å². The zero-order valence-electron chi connectivity index (χ0n) is 14.7. The number of carbonyl (C=O) groups is 2. The number of benzene rings is 2. The monoisotopic (exact) mass is 358 g/mol. The van der Waals surface area contributed by atoms with Gasteiger partial charge in [0.15, 0.2) is 0 Å². The van der Waals surface area contributed by atoms with Crippen molar-refractivity contribution >= 4 is 23.4 Å². The Hall–Kier alpha value is -2.33. The minimum Gasteiger partial charge on any atom is -0.351 e. The van der Waals surface area contributed by atoms with E-state index in [1.807, 2.05) is 49.4 Å². The molecule has 0 aromatic heterocycles. The van der Waals surface area contributed by atoms with Gasteiger partial charge in [-0.05, 0) is 44.0 Å². The summed E-state index contributed by atoms with van der Waals surface area (Å²) in [6.07, 6.45) is 0. The summed E-state index contributed by atoms with van der Waals surface area (Å²) in [6, 6.07) is 16.7. The van der Waals surface area contributed by atoms with Crippen LogP contribution in [0.15, 0.2) is 54.6 Å². The lowest BCUT2D eigenvalue weighted by Gasteiger charge is -2.25. The Morgan fingerprint density at radius 3 is 2.20 bits per heavy atom. The quantitative estimate of drug-likeness (QED) is 0.770. The van der Waals surface area contributed by atoms with Crippen LogP contribution in [0.4, 0.5) is 0 Å². The summed E-state index contributed by atoms with van der Waals surface area (Å²) in [5.74, 6) is -0.627. The van der Waals surface area contributed by atoms with Crippen molar-refractivity contribution in [2.24, 2.45) is 5.41 Å². The number of nitrogens with one attached hydrogen (secondary N) is 2. The largest absolute Gasteiger partial charge is 0.351 e. The Labute approximate surface area is 153 Å². The molecule has 0 spiro atoms. The van der Waals surface area contributed by atoms with Crippen LogP contribution in [-0.2, 0) is 16.1 Å². The number of hydrogen-bond donors (Lipinski definition) is 2. The van der Waals surface area contributed by atoms with E-state index in [-0.39, 0.29) is 17.9 Å². The van der Waals surface area contributed by atoms with Gasteiger partial charge < -0.3 is 10.6 Å². The van der Waals surface area contributed by atoms with E-state index in [2.05, 4.69) is 10.6 Å². The van der Waals surface area contributed by atoms with Gasteiger partial charge in [-0.3, -0.25) is 9.59 Å². The van der Waals surface area contributed by atoms with E-state index in [4.69, 9.17) is 11.6 Å². The maximum absolute atomic E-state index is 12.6. The fourth-order valence-electron chi connectivity index (χ4n) is 2.31. The van der Waals surface area contributed by atoms with Crippen molar-refractivity contribution in [3.05, 3.63) is 70.7 Å². The van der Waals surface area contributed by atoms with Crippen LogP contribution in [0.3, 0.4) is 0 Å². The molecule has 0 aliphatic carbocycles. The minimum absolute atomic E-state index is 0.169. The highest BCUT2D eigenvalue weighted by Gasteiger charge is 2.36. The van der Waals surface area contributed by atoms with E-state index in [9.17, 15) is 9.59 Å². The van der Waals surface area contributed by atoms with Crippen LogP contribution in [0.1, 0.15) is 37.9 Å². The van der Waals surface area contributed by atoms with Crippen LogP contribution in [0, 0.1) is 5.41 Å². The number of rotatable bonds is 6. The van der Waals surface area contributed by atoms with Crippen molar-refractivity contribution in [3.63, 3.8) is 0 Å². The van der Waals surface area contributed by atoms with E-state index in [1.54, 1.807) is 26.0 Å². The molecule has 2 amide bonds. The first-order chi connectivity index (χ1) is 11.8. The van der Waals surface area contributed by atoms with Crippen molar-refractivity contribution in [2.75, 3.05) is 0 Å². The second kappa shape index (κ2) is 8.17. The summed E-state index contributed by atoms with van der Waals surface area (Å²) < 4.78 is 0. The molecule has 0 fully saturated rings. The predicted octanol–water partition coefficient (Wildman–Crippen LogP) is 3.86. The van der Waals surface area contributed by atoms with E-state index >= 15 is 0 Å². The molecular weight excluding hydrogens is 336 g/mol. The van der Waals surface area contributed by atoms with Gasteiger partial charge in [-0.1, -0.05) is 54.1 Å². The third-order valence-electron chi connectivity index (χ3n) is 4.15. The van der Waals surface area contributed by atoms with E-state index in [0.717, 1.165) is 11.1 Å². The van der Waals surface area contributed by atoms with Gasteiger partial charge in [-0.25, -0.2) is 0 Å². The highest BCUT2D eigenvalue weighted by molar-refractivity contribution is 6.30. The Balaban J connectivity index is 1.95. The zero-order valence-corrected chi connectivity index (χ0v) is 15.4. The second-order valence-corrected chi connectivity index (χ2v) is 6.98. The smallest absolute Gasteiger partial charge is 0.235 e. The Bertz CT molecular complexity index is 727. The third kappa shape index (κ3) is 5.07. The van der Waals surface area contributed by atoms with Crippen molar-refractivity contribution in [1.82, 2.24) is 10.6 Å². The van der Waals surface area contributed by atoms with E-state index in [0.29, 0.717) is 11.6 Å². The SMILES string of the molecule is CC(NC(=O)C(C)(C)C(=O)NCc1ccc(Cl)cc1)c1ccccc1. The molecule has 0 aliphatic heterocycles. The molecule has 5 heteroatoms. The van der Waals surface area contributed by atoms with E-state index in [1.165, 1.54) is 0 Å². The summed E-state index contributed by atoms with van der Waals surface area (Å²) in [5, 5.41) is 6.36. The van der Waals surface area contributed by atoms with Gasteiger partial charge >= 0.3 is 0 Å². The summed E-state index contributed by atoms with van der Waals surface area (Å²) in [7, 11) is 0. The van der Waals surface area contributed by atoms with Crippen molar-refractivity contribution < 1.29 is 9.59 Å². The Morgan fingerprint density at radius 1 is 1.00 bits per heavy atom. The molecule has 2 N–H and O–H groups in total. The summed E-state index contributed by atoms with van der Waals surface area (Å²) >= 11 is 5.85. The summed E-state index contributed by atoms with van der Waals surface area (Å²) in [5.41, 5.74) is 0.745. The maximum Gasteiger partial charge on any atom is 0.235 e. The predicted molar refractivity (Wildman–Crippen MR) is 100 cm³/mol.